The quantitative estimate of drug-likeness (QED) is 0.770. The average molecular weight is 293 g/mol. The number of hydrogen-bond donors (Lipinski definition) is 2. The van der Waals surface area contributed by atoms with E-state index in [9.17, 15) is 4.79 Å². The predicted molar refractivity (Wildman–Crippen MR) is 85.7 cm³/mol. The molecule has 1 aromatic carbocycles. The Labute approximate surface area is 127 Å². The minimum atomic E-state index is -0.947. The zero-order valence-electron chi connectivity index (χ0n) is 12.3. The van der Waals surface area contributed by atoms with Gasteiger partial charge in [-0.1, -0.05) is 6.07 Å². The summed E-state index contributed by atoms with van der Waals surface area (Å²) in [5.41, 5.74) is 4.25. The number of benzene rings is 1. The van der Waals surface area contributed by atoms with E-state index < -0.39 is 5.97 Å². The van der Waals surface area contributed by atoms with Gasteiger partial charge in [0, 0.05) is 22.5 Å². The van der Waals surface area contributed by atoms with Crippen molar-refractivity contribution >= 4 is 28.4 Å². The van der Waals surface area contributed by atoms with E-state index in [2.05, 4.69) is 15.3 Å². The lowest BCUT2D eigenvalue weighted by Gasteiger charge is -2.11. The summed E-state index contributed by atoms with van der Waals surface area (Å²) in [5.74, 6) is -0.947. The van der Waals surface area contributed by atoms with E-state index in [-0.39, 0.29) is 5.56 Å². The van der Waals surface area contributed by atoms with Crippen LogP contribution in [0, 0.1) is 13.8 Å². The molecule has 0 aliphatic carbocycles. The van der Waals surface area contributed by atoms with Crippen LogP contribution < -0.4 is 5.32 Å². The van der Waals surface area contributed by atoms with Gasteiger partial charge in [0.05, 0.1) is 11.3 Å². The number of aromatic carboxylic acids is 1. The number of rotatable bonds is 3. The van der Waals surface area contributed by atoms with Gasteiger partial charge in [-0.3, -0.25) is 0 Å². The number of carboxylic acid groups (broad SMARTS) is 1. The molecule has 3 aromatic rings. The normalized spacial score (nSPS) is 10.6. The molecule has 110 valence electrons. The van der Waals surface area contributed by atoms with Gasteiger partial charge < -0.3 is 10.4 Å². The van der Waals surface area contributed by atoms with Gasteiger partial charge in [-0.2, -0.15) is 0 Å². The fraction of sp³-hybridized carbons (Fsp3) is 0.118. The van der Waals surface area contributed by atoms with Crippen molar-refractivity contribution in [2.75, 3.05) is 5.32 Å². The molecule has 0 fully saturated rings. The molecule has 2 N–H and O–H groups in total. The highest BCUT2D eigenvalue weighted by atomic mass is 16.4. The average Bonchev–Trinajstić information content (AvgIpc) is 2.46. The number of fused-ring (bicyclic) bond motifs is 1. The standard InChI is InChI=1S/C17H15N3O2/c1-10-6-7-14-15(8-11(2)19-16(14)18-10)20-13-5-3-4-12(9-13)17(21)22/h3-9H,1-2H3,(H,21,22)(H,18,19,20). The Kier molecular flexibility index (Phi) is 3.47. The van der Waals surface area contributed by atoms with Crippen molar-refractivity contribution in [1.29, 1.82) is 0 Å². The first-order valence-corrected chi connectivity index (χ1v) is 6.88. The first kappa shape index (κ1) is 14.0. The summed E-state index contributed by atoms with van der Waals surface area (Å²) in [7, 11) is 0. The van der Waals surface area contributed by atoms with Crippen molar-refractivity contribution < 1.29 is 9.90 Å². The Morgan fingerprint density at radius 2 is 1.82 bits per heavy atom. The van der Waals surface area contributed by atoms with E-state index in [0.29, 0.717) is 11.3 Å². The topological polar surface area (TPSA) is 75.1 Å². The minimum absolute atomic E-state index is 0.244. The van der Waals surface area contributed by atoms with Crippen LogP contribution in [0.5, 0.6) is 0 Å². The third-order valence-corrected chi connectivity index (χ3v) is 3.33. The number of anilines is 2. The number of carbonyl (C=O) groups is 1. The van der Waals surface area contributed by atoms with Gasteiger partial charge in [-0.15, -0.1) is 0 Å². The third kappa shape index (κ3) is 2.74. The lowest BCUT2D eigenvalue weighted by atomic mass is 10.1. The van der Waals surface area contributed by atoms with Gasteiger partial charge in [0.25, 0.3) is 0 Å². The summed E-state index contributed by atoms with van der Waals surface area (Å²) in [5, 5.41) is 13.2. The van der Waals surface area contributed by atoms with Crippen molar-refractivity contribution in [3.05, 3.63) is 59.4 Å². The maximum absolute atomic E-state index is 11.1. The molecule has 0 spiro atoms. The number of nitrogens with zero attached hydrogens (tertiary/aromatic N) is 2. The summed E-state index contributed by atoms with van der Waals surface area (Å²) in [6, 6.07) is 12.5. The molecule has 2 aromatic heterocycles. The Morgan fingerprint density at radius 1 is 1.05 bits per heavy atom. The third-order valence-electron chi connectivity index (χ3n) is 3.33. The van der Waals surface area contributed by atoms with Gasteiger partial charge in [-0.25, -0.2) is 14.8 Å². The fourth-order valence-corrected chi connectivity index (χ4v) is 2.31. The molecule has 0 bridgehead atoms. The zero-order valence-corrected chi connectivity index (χ0v) is 12.3. The SMILES string of the molecule is Cc1ccc2c(Nc3cccc(C(=O)O)c3)cc(C)nc2n1. The Hall–Kier alpha value is -2.95. The molecule has 2 heterocycles. The van der Waals surface area contributed by atoms with Gasteiger partial charge in [0.15, 0.2) is 5.65 Å². The minimum Gasteiger partial charge on any atom is -0.478 e. The van der Waals surface area contributed by atoms with Crippen molar-refractivity contribution in [2.24, 2.45) is 0 Å². The molecule has 0 amide bonds. The molecule has 0 saturated heterocycles. The number of hydrogen-bond acceptors (Lipinski definition) is 4. The second kappa shape index (κ2) is 5.44. The van der Waals surface area contributed by atoms with Crippen molar-refractivity contribution in [2.45, 2.75) is 13.8 Å². The molecule has 5 nitrogen and oxygen atoms in total. The van der Waals surface area contributed by atoms with Crippen molar-refractivity contribution in [3.63, 3.8) is 0 Å². The molecule has 0 radical (unpaired) electrons. The molecule has 0 aliphatic rings. The van der Waals surface area contributed by atoms with Crippen molar-refractivity contribution in [3.8, 4) is 0 Å². The maximum atomic E-state index is 11.1. The van der Waals surface area contributed by atoms with Crippen LogP contribution in [0.15, 0.2) is 42.5 Å². The molecule has 0 saturated carbocycles. The second-order valence-corrected chi connectivity index (χ2v) is 5.15. The Balaban J connectivity index is 2.07. The maximum Gasteiger partial charge on any atom is 0.335 e. The number of carboxylic acids is 1. The van der Waals surface area contributed by atoms with E-state index in [0.717, 1.165) is 22.5 Å². The highest BCUT2D eigenvalue weighted by molar-refractivity contribution is 5.93. The number of aromatic nitrogens is 2. The Morgan fingerprint density at radius 3 is 2.59 bits per heavy atom. The first-order valence-electron chi connectivity index (χ1n) is 6.88. The number of nitrogens with one attached hydrogen (secondary N) is 1. The molecule has 0 atom stereocenters. The highest BCUT2D eigenvalue weighted by Gasteiger charge is 2.08. The molecule has 3 rings (SSSR count). The largest absolute Gasteiger partial charge is 0.478 e. The van der Waals surface area contributed by atoms with Gasteiger partial charge in [-0.05, 0) is 50.2 Å². The van der Waals surface area contributed by atoms with Crippen molar-refractivity contribution in [1.82, 2.24) is 9.97 Å². The molecule has 0 aliphatic heterocycles. The summed E-state index contributed by atoms with van der Waals surface area (Å²) in [6.45, 7) is 3.83. The van der Waals surface area contributed by atoms with Crippen LogP contribution in [0.25, 0.3) is 11.0 Å². The molecular formula is C17H15N3O2. The summed E-state index contributed by atoms with van der Waals surface area (Å²) < 4.78 is 0. The summed E-state index contributed by atoms with van der Waals surface area (Å²) in [4.78, 5) is 19.9. The molecule has 22 heavy (non-hydrogen) atoms. The van der Waals surface area contributed by atoms with Gasteiger partial charge in [0.2, 0.25) is 0 Å². The van der Waals surface area contributed by atoms with E-state index in [1.165, 1.54) is 0 Å². The van der Waals surface area contributed by atoms with Crippen LogP contribution >= 0.6 is 0 Å². The van der Waals surface area contributed by atoms with E-state index >= 15 is 0 Å². The van der Waals surface area contributed by atoms with Crippen LogP contribution in [0.4, 0.5) is 11.4 Å². The fourth-order valence-electron chi connectivity index (χ4n) is 2.31. The first-order chi connectivity index (χ1) is 10.5. The second-order valence-electron chi connectivity index (χ2n) is 5.15. The highest BCUT2D eigenvalue weighted by Crippen LogP contribution is 2.26. The monoisotopic (exact) mass is 293 g/mol. The molecule has 5 heteroatoms. The smallest absolute Gasteiger partial charge is 0.335 e. The lowest BCUT2D eigenvalue weighted by molar-refractivity contribution is 0.0697. The van der Waals surface area contributed by atoms with Crippen LogP contribution in [0.2, 0.25) is 0 Å². The number of aryl methyl sites for hydroxylation is 2. The van der Waals surface area contributed by atoms with Gasteiger partial charge >= 0.3 is 5.97 Å². The van der Waals surface area contributed by atoms with Crippen LogP contribution in [0.3, 0.4) is 0 Å². The predicted octanol–water partition coefficient (Wildman–Crippen LogP) is 3.69. The zero-order chi connectivity index (χ0) is 15.7. The number of pyridine rings is 2. The lowest BCUT2D eigenvalue weighted by Crippen LogP contribution is -1.99. The Bertz CT molecular complexity index is 870. The molecular weight excluding hydrogens is 278 g/mol. The van der Waals surface area contributed by atoms with Gasteiger partial charge in [0.1, 0.15) is 0 Å². The van der Waals surface area contributed by atoms with E-state index in [1.54, 1.807) is 18.2 Å². The molecule has 0 unspecified atom stereocenters. The van der Waals surface area contributed by atoms with E-state index in [4.69, 9.17) is 5.11 Å². The van der Waals surface area contributed by atoms with Crippen LogP contribution in [-0.2, 0) is 0 Å². The van der Waals surface area contributed by atoms with E-state index in [1.807, 2.05) is 38.1 Å². The summed E-state index contributed by atoms with van der Waals surface area (Å²) >= 11 is 0. The summed E-state index contributed by atoms with van der Waals surface area (Å²) in [6.07, 6.45) is 0. The van der Waals surface area contributed by atoms with Crippen LogP contribution in [0.1, 0.15) is 21.7 Å². The van der Waals surface area contributed by atoms with Crippen LogP contribution in [-0.4, -0.2) is 21.0 Å².